The van der Waals surface area contributed by atoms with Crippen LogP contribution < -0.4 is 0 Å². The number of unbranched alkanes of at least 4 members (excludes halogenated alkanes) is 2. The van der Waals surface area contributed by atoms with E-state index in [-0.39, 0.29) is 17.1 Å². The van der Waals surface area contributed by atoms with E-state index in [1.807, 2.05) is 6.08 Å². The fourth-order valence-corrected chi connectivity index (χ4v) is 5.87. The van der Waals surface area contributed by atoms with Crippen LogP contribution >= 0.6 is 0 Å². The second-order valence-corrected chi connectivity index (χ2v) is 15.6. The van der Waals surface area contributed by atoms with Gasteiger partial charge in [-0.05, 0) is 53.9 Å². The Morgan fingerprint density at radius 3 is 2.37 bits per heavy atom. The van der Waals surface area contributed by atoms with Gasteiger partial charge >= 0.3 is 0 Å². The van der Waals surface area contributed by atoms with Gasteiger partial charge in [0.2, 0.25) is 0 Å². The molecule has 1 aliphatic rings. The first-order chi connectivity index (χ1) is 14.0. The summed E-state index contributed by atoms with van der Waals surface area (Å²) in [5.41, 5.74) is 2.58. The van der Waals surface area contributed by atoms with Crippen LogP contribution in [-0.2, 0) is 9.22 Å². The van der Waals surface area contributed by atoms with Crippen molar-refractivity contribution in [3.8, 4) is 0 Å². The maximum atomic E-state index is 12.5. The van der Waals surface area contributed by atoms with Gasteiger partial charge in [-0.2, -0.15) is 0 Å². The predicted octanol–water partition coefficient (Wildman–Crippen LogP) is 8.21. The van der Waals surface area contributed by atoms with E-state index in [2.05, 4.69) is 78.6 Å². The van der Waals surface area contributed by atoms with Gasteiger partial charge in [-0.1, -0.05) is 84.2 Å². The van der Waals surface area contributed by atoms with Crippen LogP contribution in [0.3, 0.4) is 0 Å². The zero-order chi connectivity index (χ0) is 22.5. The summed E-state index contributed by atoms with van der Waals surface area (Å²) >= 11 is 0. The van der Waals surface area contributed by atoms with Gasteiger partial charge in [-0.15, -0.1) is 6.58 Å². The first-order valence-electron chi connectivity index (χ1n) is 11.9. The fourth-order valence-electron chi connectivity index (χ4n) is 4.55. The van der Waals surface area contributed by atoms with Crippen LogP contribution in [0.4, 0.5) is 0 Å². The highest BCUT2D eigenvalue weighted by molar-refractivity contribution is 6.74. The van der Waals surface area contributed by atoms with Crippen LogP contribution in [-0.4, -0.2) is 14.1 Å². The van der Waals surface area contributed by atoms with E-state index < -0.39 is 8.32 Å². The van der Waals surface area contributed by atoms with Crippen molar-refractivity contribution in [3.05, 3.63) is 48.0 Å². The van der Waals surface area contributed by atoms with E-state index in [0.717, 1.165) is 12.8 Å². The molecule has 2 rings (SSSR count). The number of rotatable bonds is 10. The summed E-state index contributed by atoms with van der Waals surface area (Å²) in [4.78, 5) is 12.5. The summed E-state index contributed by atoms with van der Waals surface area (Å²) in [6, 6.07) is 9.04. The standard InChI is InChI=1S/C27H44O2Si/c1-9-11-12-14-25(29-30(7,8)27(4,5)6)21-15-17-22(18-16-21)26-20(3)19-24(28)23(26)13-10-2/h10,15-18,20,23,25-26H,2,9,11-14,19H2,1,3-8H3/t20-,23+,25?,26?/m1/s1. The monoisotopic (exact) mass is 428 g/mol. The Morgan fingerprint density at radius 1 is 1.20 bits per heavy atom. The molecule has 1 saturated carbocycles. The molecule has 1 aromatic carbocycles. The zero-order valence-corrected chi connectivity index (χ0v) is 21.5. The molecule has 1 aliphatic carbocycles. The third-order valence-corrected chi connectivity index (χ3v) is 11.9. The van der Waals surface area contributed by atoms with Crippen molar-refractivity contribution in [2.24, 2.45) is 11.8 Å². The number of carbonyl (C=O) groups excluding carboxylic acids is 1. The average molecular weight is 429 g/mol. The van der Waals surface area contributed by atoms with E-state index in [1.54, 1.807) is 0 Å². The van der Waals surface area contributed by atoms with Crippen LogP contribution in [0.1, 0.15) is 96.3 Å². The molecule has 0 amide bonds. The third kappa shape index (κ3) is 5.94. The van der Waals surface area contributed by atoms with Gasteiger partial charge in [0.05, 0.1) is 6.10 Å². The molecular weight excluding hydrogens is 384 g/mol. The minimum absolute atomic E-state index is 0.0900. The lowest BCUT2D eigenvalue weighted by molar-refractivity contribution is -0.120. The van der Waals surface area contributed by atoms with E-state index >= 15 is 0 Å². The maximum Gasteiger partial charge on any atom is 0.192 e. The lowest BCUT2D eigenvalue weighted by atomic mass is 9.82. The molecule has 0 saturated heterocycles. The number of Topliss-reactive ketones (excluding diaryl/α,β-unsaturated/α-hetero) is 1. The van der Waals surface area contributed by atoms with Gasteiger partial charge in [0.15, 0.2) is 8.32 Å². The van der Waals surface area contributed by atoms with Crippen LogP contribution in [0, 0.1) is 11.8 Å². The molecule has 2 nitrogen and oxygen atoms in total. The normalized spacial score (nSPS) is 23.6. The highest BCUT2D eigenvalue weighted by Gasteiger charge is 2.41. The van der Waals surface area contributed by atoms with Crippen molar-refractivity contribution in [1.29, 1.82) is 0 Å². The van der Waals surface area contributed by atoms with E-state index in [9.17, 15) is 4.79 Å². The molecule has 4 atom stereocenters. The molecule has 0 aliphatic heterocycles. The van der Waals surface area contributed by atoms with Crippen LogP contribution in [0.15, 0.2) is 36.9 Å². The molecule has 2 unspecified atom stereocenters. The Kier molecular flexibility index (Phi) is 8.70. The topological polar surface area (TPSA) is 26.3 Å². The van der Waals surface area contributed by atoms with E-state index in [4.69, 9.17) is 4.43 Å². The minimum Gasteiger partial charge on any atom is -0.410 e. The maximum absolute atomic E-state index is 12.5. The predicted molar refractivity (Wildman–Crippen MR) is 131 cm³/mol. The second kappa shape index (κ2) is 10.4. The lowest BCUT2D eigenvalue weighted by Gasteiger charge is -2.39. The quantitative estimate of drug-likeness (QED) is 0.213. The highest BCUT2D eigenvalue weighted by Crippen LogP contribution is 2.45. The summed E-state index contributed by atoms with van der Waals surface area (Å²) in [6.07, 6.45) is 8.30. The molecule has 3 heteroatoms. The zero-order valence-electron chi connectivity index (χ0n) is 20.5. The fraction of sp³-hybridized carbons (Fsp3) is 0.667. The number of allylic oxidation sites excluding steroid dienone is 1. The molecule has 0 heterocycles. The molecule has 30 heavy (non-hydrogen) atoms. The van der Waals surface area contributed by atoms with Crippen LogP contribution in [0.5, 0.6) is 0 Å². The summed E-state index contributed by atoms with van der Waals surface area (Å²) in [7, 11) is -1.85. The van der Waals surface area contributed by atoms with Gasteiger partial charge in [-0.25, -0.2) is 0 Å². The SMILES string of the molecule is C=CC[C@H]1C(=O)C[C@@H](C)C1c1ccc(C(CCCCC)O[Si](C)(C)C(C)(C)C)cc1. The second-order valence-electron chi connectivity index (χ2n) is 10.8. The number of carbonyl (C=O) groups is 1. The lowest BCUT2D eigenvalue weighted by Crippen LogP contribution is -2.41. The smallest absolute Gasteiger partial charge is 0.192 e. The Hall–Kier alpha value is -1.19. The van der Waals surface area contributed by atoms with Crippen LogP contribution in [0.2, 0.25) is 18.1 Å². The number of hydrogen-bond donors (Lipinski definition) is 0. The van der Waals surface area contributed by atoms with E-state index in [0.29, 0.717) is 24.0 Å². The molecule has 168 valence electrons. The van der Waals surface area contributed by atoms with Crippen LogP contribution in [0.25, 0.3) is 0 Å². The summed E-state index contributed by atoms with van der Waals surface area (Å²) in [6.45, 7) is 20.0. The van der Waals surface area contributed by atoms with Crippen molar-refractivity contribution < 1.29 is 9.22 Å². The van der Waals surface area contributed by atoms with Gasteiger partial charge in [0.1, 0.15) is 5.78 Å². The van der Waals surface area contributed by atoms with E-state index in [1.165, 1.54) is 30.4 Å². The minimum atomic E-state index is -1.85. The Labute approximate surface area is 186 Å². The summed E-state index contributed by atoms with van der Waals surface area (Å²) < 4.78 is 6.87. The first kappa shape index (κ1) is 25.1. The van der Waals surface area contributed by atoms with Gasteiger partial charge < -0.3 is 4.43 Å². The van der Waals surface area contributed by atoms with Crippen molar-refractivity contribution in [1.82, 2.24) is 0 Å². The number of hydrogen-bond acceptors (Lipinski definition) is 2. The van der Waals surface area contributed by atoms with Crippen molar-refractivity contribution >= 4 is 14.1 Å². The molecule has 1 aromatic rings. The number of benzene rings is 1. The Bertz CT molecular complexity index is 699. The van der Waals surface area contributed by atoms with Gasteiger partial charge in [-0.3, -0.25) is 4.79 Å². The molecule has 0 spiro atoms. The van der Waals surface area contributed by atoms with Crippen molar-refractivity contribution in [3.63, 3.8) is 0 Å². The highest BCUT2D eigenvalue weighted by atomic mass is 28.4. The van der Waals surface area contributed by atoms with Crippen molar-refractivity contribution in [2.75, 3.05) is 0 Å². The molecule has 0 bridgehead atoms. The molecule has 0 aromatic heterocycles. The summed E-state index contributed by atoms with van der Waals surface area (Å²) in [5, 5.41) is 0.202. The molecule has 1 fully saturated rings. The Morgan fingerprint density at radius 2 is 1.83 bits per heavy atom. The van der Waals surface area contributed by atoms with Crippen molar-refractivity contribution in [2.45, 2.75) is 103 Å². The molecular formula is C27H44O2Si. The third-order valence-electron chi connectivity index (χ3n) is 7.41. The van der Waals surface area contributed by atoms with Gasteiger partial charge in [0.25, 0.3) is 0 Å². The average Bonchev–Trinajstić information content (AvgIpc) is 2.94. The molecule has 0 radical (unpaired) electrons. The Balaban J connectivity index is 2.25. The largest absolute Gasteiger partial charge is 0.410 e. The summed E-state index contributed by atoms with van der Waals surface area (Å²) in [5.74, 6) is 1.20. The number of ketones is 1. The molecule has 0 N–H and O–H groups in total. The first-order valence-corrected chi connectivity index (χ1v) is 14.8. The van der Waals surface area contributed by atoms with Gasteiger partial charge in [0, 0.05) is 12.3 Å².